The number of ether oxygens (including phenoxy) is 1. The summed E-state index contributed by atoms with van der Waals surface area (Å²) in [6, 6.07) is 7.26. The highest BCUT2D eigenvalue weighted by Crippen LogP contribution is 2.31. The van der Waals surface area contributed by atoms with Crippen LogP contribution in [0.2, 0.25) is 0 Å². The van der Waals surface area contributed by atoms with E-state index in [4.69, 9.17) is 4.74 Å². The number of rotatable bonds is 1. The van der Waals surface area contributed by atoms with Gasteiger partial charge in [-0.2, -0.15) is 13.2 Å². The zero-order valence-corrected chi connectivity index (χ0v) is 10.7. The first kappa shape index (κ1) is 13.2. The highest BCUT2D eigenvalue weighted by atomic mass is 19.4. The molecule has 1 aromatic carbocycles. The lowest BCUT2D eigenvalue weighted by atomic mass is 10.1. The number of benzene rings is 1. The summed E-state index contributed by atoms with van der Waals surface area (Å²) >= 11 is 0. The predicted octanol–water partition coefficient (Wildman–Crippen LogP) is 3.09. The fraction of sp³-hybridized carbons (Fsp3) is 0.357. The van der Waals surface area contributed by atoms with E-state index in [1.807, 2.05) is 11.0 Å². The van der Waals surface area contributed by atoms with Crippen molar-refractivity contribution in [1.82, 2.24) is 4.98 Å². The van der Waals surface area contributed by atoms with Crippen molar-refractivity contribution < 1.29 is 17.9 Å². The average Bonchev–Trinajstić information content (AvgIpc) is 2.46. The summed E-state index contributed by atoms with van der Waals surface area (Å²) in [5.41, 5.74) is -0.305. The van der Waals surface area contributed by atoms with Crippen LogP contribution in [0.25, 0.3) is 10.9 Å². The number of hydrogen-bond acceptors (Lipinski definition) is 3. The number of alkyl halides is 3. The van der Waals surface area contributed by atoms with Crippen LogP contribution >= 0.6 is 0 Å². The standard InChI is InChI=1S/C14H13F3N2O/c15-14(16,17)11-3-1-10-2-4-13(18-12(10)9-11)19-5-7-20-8-6-19/h1-4,9H,5-8H2. The van der Waals surface area contributed by atoms with Crippen LogP contribution in [0.1, 0.15) is 5.56 Å². The summed E-state index contributed by atoms with van der Waals surface area (Å²) in [7, 11) is 0. The molecule has 20 heavy (non-hydrogen) atoms. The van der Waals surface area contributed by atoms with E-state index in [0.717, 1.165) is 12.1 Å². The number of anilines is 1. The van der Waals surface area contributed by atoms with Crippen LogP contribution in [0.5, 0.6) is 0 Å². The van der Waals surface area contributed by atoms with Crippen LogP contribution < -0.4 is 4.90 Å². The first-order valence-electron chi connectivity index (χ1n) is 6.35. The number of morpholine rings is 1. The van der Waals surface area contributed by atoms with Gasteiger partial charge in [0, 0.05) is 18.5 Å². The predicted molar refractivity (Wildman–Crippen MR) is 69.8 cm³/mol. The number of pyridine rings is 1. The zero-order valence-electron chi connectivity index (χ0n) is 10.7. The van der Waals surface area contributed by atoms with Gasteiger partial charge in [0.25, 0.3) is 0 Å². The van der Waals surface area contributed by atoms with Crippen molar-refractivity contribution >= 4 is 16.7 Å². The number of aromatic nitrogens is 1. The molecule has 3 rings (SSSR count). The number of nitrogens with zero attached hydrogens (tertiary/aromatic N) is 2. The maximum absolute atomic E-state index is 12.7. The van der Waals surface area contributed by atoms with Crippen LogP contribution in [0.3, 0.4) is 0 Å². The highest BCUT2D eigenvalue weighted by Gasteiger charge is 2.30. The molecule has 0 saturated carbocycles. The quantitative estimate of drug-likeness (QED) is 0.803. The van der Waals surface area contributed by atoms with E-state index >= 15 is 0 Å². The molecule has 106 valence electrons. The summed E-state index contributed by atoms with van der Waals surface area (Å²) in [4.78, 5) is 6.36. The lowest BCUT2D eigenvalue weighted by molar-refractivity contribution is -0.137. The van der Waals surface area contributed by atoms with Gasteiger partial charge in [-0.15, -0.1) is 0 Å². The van der Waals surface area contributed by atoms with Crippen molar-refractivity contribution in [1.29, 1.82) is 0 Å². The maximum atomic E-state index is 12.7. The van der Waals surface area contributed by atoms with Gasteiger partial charge in [-0.25, -0.2) is 4.98 Å². The van der Waals surface area contributed by atoms with Crippen molar-refractivity contribution in [3.8, 4) is 0 Å². The number of halogens is 3. The van der Waals surface area contributed by atoms with Crippen LogP contribution in [0.15, 0.2) is 30.3 Å². The van der Waals surface area contributed by atoms with E-state index in [-0.39, 0.29) is 0 Å². The van der Waals surface area contributed by atoms with Crippen molar-refractivity contribution in [2.75, 3.05) is 31.2 Å². The molecule has 0 radical (unpaired) electrons. The molecule has 1 saturated heterocycles. The zero-order chi connectivity index (χ0) is 14.2. The molecule has 1 aromatic heterocycles. The lowest BCUT2D eigenvalue weighted by Gasteiger charge is -2.27. The molecule has 1 aliphatic heterocycles. The number of fused-ring (bicyclic) bond motifs is 1. The Labute approximate surface area is 114 Å². The Morgan fingerprint density at radius 3 is 2.45 bits per heavy atom. The van der Waals surface area contributed by atoms with Gasteiger partial charge < -0.3 is 9.64 Å². The second-order valence-electron chi connectivity index (χ2n) is 4.67. The van der Waals surface area contributed by atoms with Gasteiger partial charge in [-0.05, 0) is 24.3 Å². The monoisotopic (exact) mass is 282 g/mol. The van der Waals surface area contributed by atoms with Crippen molar-refractivity contribution in [2.24, 2.45) is 0 Å². The molecule has 0 aliphatic carbocycles. The third-order valence-corrected chi connectivity index (χ3v) is 3.34. The van der Waals surface area contributed by atoms with E-state index in [2.05, 4.69) is 4.98 Å². The Morgan fingerprint density at radius 2 is 1.75 bits per heavy atom. The lowest BCUT2D eigenvalue weighted by Crippen LogP contribution is -2.36. The summed E-state index contributed by atoms with van der Waals surface area (Å²) in [6.45, 7) is 2.64. The SMILES string of the molecule is FC(F)(F)c1ccc2ccc(N3CCOCC3)nc2c1. The van der Waals surface area contributed by atoms with Crippen molar-refractivity contribution in [2.45, 2.75) is 6.18 Å². The second-order valence-corrected chi connectivity index (χ2v) is 4.67. The molecule has 0 amide bonds. The number of hydrogen-bond donors (Lipinski definition) is 0. The third kappa shape index (κ3) is 2.56. The van der Waals surface area contributed by atoms with E-state index in [1.54, 1.807) is 6.07 Å². The largest absolute Gasteiger partial charge is 0.416 e. The van der Waals surface area contributed by atoms with Crippen LogP contribution in [-0.2, 0) is 10.9 Å². The Hall–Kier alpha value is -1.82. The van der Waals surface area contributed by atoms with E-state index in [0.29, 0.717) is 43.0 Å². The first-order valence-corrected chi connectivity index (χ1v) is 6.35. The fourth-order valence-corrected chi connectivity index (χ4v) is 2.25. The van der Waals surface area contributed by atoms with Gasteiger partial charge in [0.05, 0.1) is 24.3 Å². The third-order valence-electron chi connectivity index (χ3n) is 3.34. The minimum Gasteiger partial charge on any atom is -0.378 e. The molecular weight excluding hydrogens is 269 g/mol. The van der Waals surface area contributed by atoms with Gasteiger partial charge in [-0.3, -0.25) is 0 Å². The van der Waals surface area contributed by atoms with E-state index in [1.165, 1.54) is 6.07 Å². The minimum atomic E-state index is -4.34. The summed E-state index contributed by atoms with van der Waals surface area (Å²) < 4.78 is 43.4. The van der Waals surface area contributed by atoms with Crippen LogP contribution in [0, 0.1) is 0 Å². The summed E-state index contributed by atoms with van der Waals surface area (Å²) in [5, 5.41) is 0.704. The second kappa shape index (κ2) is 4.94. The van der Waals surface area contributed by atoms with Gasteiger partial charge >= 0.3 is 6.18 Å². The Bertz CT molecular complexity index is 621. The summed E-state index contributed by atoms with van der Waals surface area (Å²) in [5.74, 6) is 0.695. The molecule has 6 heteroatoms. The molecule has 0 atom stereocenters. The first-order chi connectivity index (χ1) is 9.54. The van der Waals surface area contributed by atoms with Gasteiger partial charge in [0.1, 0.15) is 5.82 Å². The normalized spacial score (nSPS) is 16.6. The van der Waals surface area contributed by atoms with Gasteiger partial charge in [0.15, 0.2) is 0 Å². The molecule has 0 bridgehead atoms. The molecule has 1 aliphatic rings. The molecule has 0 unspecified atom stereocenters. The highest BCUT2D eigenvalue weighted by molar-refractivity contribution is 5.81. The summed E-state index contributed by atoms with van der Waals surface area (Å²) in [6.07, 6.45) is -4.34. The Kier molecular flexibility index (Phi) is 3.25. The van der Waals surface area contributed by atoms with Crippen LogP contribution in [-0.4, -0.2) is 31.3 Å². The molecule has 2 heterocycles. The molecule has 2 aromatic rings. The van der Waals surface area contributed by atoms with Crippen molar-refractivity contribution in [3.05, 3.63) is 35.9 Å². The minimum absolute atomic E-state index is 0.365. The molecule has 0 spiro atoms. The van der Waals surface area contributed by atoms with Gasteiger partial charge in [0.2, 0.25) is 0 Å². The molecular formula is C14H13F3N2O. The van der Waals surface area contributed by atoms with Crippen LogP contribution in [0.4, 0.5) is 19.0 Å². The van der Waals surface area contributed by atoms with Gasteiger partial charge in [-0.1, -0.05) is 6.07 Å². The molecule has 1 fully saturated rings. The fourth-order valence-electron chi connectivity index (χ4n) is 2.25. The van der Waals surface area contributed by atoms with E-state index < -0.39 is 11.7 Å². The Balaban J connectivity index is 2.00. The van der Waals surface area contributed by atoms with E-state index in [9.17, 15) is 13.2 Å². The smallest absolute Gasteiger partial charge is 0.378 e. The molecule has 0 N–H and O–H groups in total. The Morgan fingerprint density at radius 1 is 1.05 bits per heavy atom. The van der Waals surface area contributed by atoms with Crippen molar-refractivity contribution in [3.63, 3.8) is 0 Å². The average molecular weight is 282 g/mol. The topological polar surface area (TPSA) is 25.4 Å². The molecule has 3 nitrogen and oxygen atoms in total. The maximum Gasteiger partial charge on any atom is 0.416 e.